The summed E-state index contributed by atoms with van der Waals surface area (Å²) in [5.41, 5.74) is 7.04. The smallest absolute Gasteiger partial charge is 0.260 e. The van der Waals surface area contributed by atoms with Gasteiger partial charge in [-0.05, 0) is 19.1 Å². The SMILES string of the molecule is Cc1noc(-c2ccccc2Nc2nc(N)ncc2Cl)n1. The highest BCUT2D eigenvalue weighted by Gasteiger charge is 2.13. The van der Waals surface area contributed by atoms with Crippen LogP contribution in [0.15, 0.2) is 35.0 Å². The molecular formula is C13H11ClN6O. The van der Waals surface area contributed by atoms with E-state index in [-0.39, 0.29) is 5.95 Å². The van der Waals surface area contributed by atoms with Gasteiger partial charge in [0.1, 0.15) is 5.02 Å². The van der Waals surface area contributed by atoms with Crippen molar-refractivity contribution in [2.24, 2.45) is 0 Å². The van der Waals surface area contributed by atoms with Gasteiger partial charge in [-0.15, -0.1) is 0 Å². The summed E-state index contributed by atoms with van der Waals surface area (Å²) in [5.74, 6) is 1.51. The molecule has 21 heavy (non-hydrogen) atoms. The molecule has 0 radical (unpaired) electrons. The van der Waals surface area contributed by atoms with Crippen LogP contribution in [0.5, 0.6) is 0 Å². The quantitative estimate of drug-likeness (QED) is 0.766. The first-order valence-electron chi connectivity index (χ1n) is 6.08. The van der Waals surface area contributed by atoms with Crippen molar-refractivity contribution >= 4 is 29.1 Å². The zero-order valence-corrected chi connectivity index (χ0v) is 11.8. The molecule has 0 saturated heterocycles. The Kier molecular flexibility index (Phi) is 3.41. The van der Waals surface area contributed by atoms with Crippen LogP contribution in [0.2, 0.25) is 5.02 Å². The number of rotatable bonds is 3. The van der Waals surface area contributed by atoms with Crippen LogP contribution in [0.1, 0.15) is 5.82 Å². The first-order valence-corrected chi connectivity index (χ1v) is 6.46. The van der Waals surface area contributed by atoms with Gasteiger partial charge < -0.3 is 15.6 Å². The summed E-state index contributed by atoms with van der Waals surface area (Å²) in [7, 11) is 0. The van der Waals surface area contributed by atoms with E-state index < -0.39 is 0 Å². The standard InChI is InChI=1S/C13H11ClN6O/c1-7-17-12(21-20-7)8-4-2-3-5-10(8)18-11-9(14)6-16-13(15)19-11/h2-6H,1H3,(H3,15,16,18,19). The molecule has 0 saturated carbocycles. The van der Waals surface area contributed by atoms with E-state index in [0.29, 0.717) is 22.6 Å². The molecule has 0 aliphatic carbocycles. The molecule has 7 nitrogen and oxygen atoms in total. The lowest BCUT2D eigenvalue weighted by Gasteiger charge is -2.10. The molecule has 0 fully saturated rings. The third-order valence-corrected chi connectivity index (χ3v) is 2.98. The average molecular weight is 303 g/mol. The van der Waals surface area contributed by atoms with E-state index in [4.69, 9.17) is 21.9 Å². The van der Waals surface area contributed by atoms with Gasteiger partial charge in [0.15, 0.2) is 11.6 Å². The molecule has 8 heteroatoms. The predicted octanol–water partition coefficient (Wildman–Crippen LogP) is 2.81. The van der Waals surface area contributed by atoms with E-state index >= 15 is 0 Å². The van der Waals surface area contributed by atoms with Gasteiger partial charge in [-0.1, -0.05) is 28.9 Å². The summed E-state index contributed by atoms with van der Waals surface area (Å²) in [6, 6.07) is 7.45. The Bertz CT molecular complexity index is 788. The zero-order chi connectivity index (χ0) is 14.8. The fourth-order valence-corrected chi connectivity index (χ4v) is 1.92. The number of nitrogen functional groups attached to an aromatic ring is 1. The Morgan fingerprint density at radius 1 is 1.24 bits per heavy atom. The maximum absolute atomic E-state index is 6.05. The van der Waals surface area contributed by atoms with Crippen LogP contribution >= 0.6 is 11.6 Å². The maximum Gasteiger partial charge on any atom is 0.260 e. The first-order chi connectivity index (χ1) is 10.1. The van der Waals surface area contributed by atoms with E-state index in [1.807, 2.05) is 24.3 Å². The minimum atomic E-state index is 0.132. The first kappa shape index (κ1) is 13.3. The summed E-state index contributed by atoms with van der Waals surface area (Å²) in [5, 5.41) is 7.25. The van der Waals surface area contributed by atoms with E-state index in [2.05, 4.69) is 25.4 Å². The van der Waals surface area contributed by atoms with Crippen molar-refractivity contribution in [1.29, 1.82) is 0 Å². The van der Waals surface area contributed by atoms with Crippen molar-refractivity contribution in [1.82, 2.24) is 20.1 Å². The Labute approximate surface area is 125 Å². The summed E-state index contributed by atoms with van der Waals surface area (Å²) in [6.45, 7) is 1.75. The number of benzene rings is 1. The highest BCUT2D eigenvalue weighted by molar-refractivity contribution is 6.32. The maximum atomic E-state index is 6.05. The topological polar surface area (TPSA) is 103 Å². The van der Waals surface area contributed by atoms with E-state index in [1.54, 1.807) is 6.92 Å². The summed E-state index contributed by atoms with van der Waals surface area (Å²) in [4.78, 5) is 12.1. The minimum absolute atomic E-state index is 0.132. The molecule has 0 unspecified atom stereocenters. The van der Waals surface area contributed by atoms with E-state index in [0.717, 1.165) is 11.3 Å². The van der Waals surface area contributed by atoms with Gasteiger partial charge >= 0.3 is 0 Å². The normalized spacial score (nSPS) is 10.6. The average Bonchev–Trinajstić information content (AvgIpc) is 2.90. The van der Waals surface area contributed by atoms with Gasteiger partial charge in [-0.3, -0.25) is 0 Å². The van der Waals surface area contributed by atoms with Gasteiger partial charge in [0.2, 0.25) is 5.95 Å². The van der Waals surface area contributed by atoms with Crippen LogP contribution in [0.25, 0.3) is 11.5 Å². The molecule has 0 atom stereocenters. The number of aryl methyl sites for hydroxylation is 1. The second-order valence-corrected chi connectivity index (χ2v) is 4.65. The van der Waals surface area contributed by atoms with E-state index in [1.165, 1.54) is 6.20 Å². The second-order valence-electron chi connectivity index (χ2n) is 4.24. The van der Waals surface area contributed by atoms with Crippen molar-refractivity contribution in [3.05, 3.63) is 41.3 Å². The lowest BCUT2D eigenvalue weighted by atomic mass is 10.1. The van der Waals surface area contributed by atoms with Crippen molar-refractivity contribution in [2.75, 3.05) is 11.1 Å². The molecule has 0 aliphatic heterocycles. The number of nitrogens with two attached hydrogens (primary N) is 1. The molecule has 2 heterocycles. The zero-order valence-electron chi connectivity index (χ0n) is 11.0. The Morgan fingerprint density at radius 2 is 2.05 bits per heavy atom. The molecule has 3 N–H and O–H groups in total. The van der Waals surface area contributed by atoms with Gasteiger partial charge in [0.25, 0.3) is 5.89 Å². The fraction of sp³-hybridized carbons (Fsp3) is 0.0769. The van der Waals surface area contributed by atoms with Crippen LogP contribution in [-0.2, 0) is 0 Å². The van der Waals surface area contributed by atoms with Crippen LogP contribution in [0.4, 0.5) is 17.5 Å². The third kappa shape index (κ3) is 2.77. The van der Waals surface area contributed by atoms with E-state index in [9.17, 15) is 0 Å². The minimum Gasteiger partial charge on any atom is -0.368 e. The molecule has 2 aromatic heterocycles. The van der Waals surface area contributed by atoms with Crippen molar-refractivity contribution < 1.29 is 4.52 Å². The van der Waals surface area contributed by atoms with Gasteiger partial charge in [-0.25, -0.2) is 4.98 Å². The molecule has 0 spiro atoms. The highest BCUT2D eigenvalue weighted by Crippen LogP contribution is 2.30. The number of para-hydroxylation sites is 1. The molecular weight excluding hydrogens is 292 g/mol. The van der Waals surface area contributed by atoms with Gasteiger partial charge in [0, 0.05) is 0 Å². The lowest BCUT2D eigenvalue weighted by molar-refractivity contribution is 0.426. The summed E-state index contributed by atoms with van der Waals surface area (Å²) < 4.78 is 5.19. The van der Waals surface area contributed by atoms with Gasteiger partial charge in [-0.2, -0.15) is 9.97 Å². The number of nitrogens with one attached hydrogen (secondary N) is 1. The molecule has 0 bridgehead atoms. The van der Waals surface area contributed by atoms with Crippen molar-refractivity contribution in [3.8, 4) is 11.5 Å². The van der Waals surface area contributed by atoms with Crippen LogP contribution < -0.4 is 11.1 Å². The number of halogens is 1. The number of nitrogens with zero attached hydrogens (tertiary/aromatic N) is 4. The molecule has 0 amide bonds. The highest BCUT2D eigenvalue weighted by atomic mass is 35.5. The third-order valence-electron chi connectivity index (χ3n) is 2.70. The largest absolute Gasteiger partial charge is 0.368 e. The number of hydrogen-bond acceptors (Lipinski definition) is 7. The Balaban J connectivity index is 2.01. The fourth-order valence-electron chi connectivity index (χ4n) is 1.78. The van der Waals surface area contributed by atoms with Crippen LogP contribution in [-0.4, -0.2) is 20.1 Å². The van der Waals surface area contributed by atoms with Crippen molar-refractivity contribution in [2.45, 2.75) is 6.92 Å². The molecule has 3 rings (SSSR count). The molecule has 0 aliphatic rings. The van der Waals surface area contributed by atoms with Gasteiger partial charge in [0.05, 0.1) is 17.4 Å². The molecule has 3 aromatic rings. The molecule has 1 aromatic carbocycles. The number of aromatic nitrogens is 4. The summed E-state index contributed by atoms with van der Waals surface area (Å²) in [6.07, 6.45) is 1.44. The van der Waals surface area contributed by atoms with Crippen LogP contribution in [0.3, 0.4) is 0 Å². The molecule has 106 valence electrons. The lowest BCUT2D eigenvalue weighted by Crippen LogP contribution is -2.01. The summed E-state index contributed by atoms with van der Waals surface area (Å²) >= 11 is 6.05. The number of anilines is 3. The monoisotopic (exact) mass is 302 g/mol. The van der Waals surface area contributed by atoms with Crippen LogP contribution in [0, 0.1) is 6.92 Å². The predicted molar refractivity (Wildman–Crippen MR) is 79.2 cm³/mol. The second kappa shape index (κ2) is 5.37. The Hall–Kier alpha value is -2.67. The Morgan fingerprint density at radius 3 is 2.81 bits per heavy atom. The van der Waals surface area contributed by atoms with Crippen molar-refractivity contribution in [3.63, 3.8) is 0 Å². The number of hydrogen-bond donors (Lipinski definition) is 2.